The van der Waals surface area contributed by atoms with Gasteiger partial charge in [-0.25, -0.2) is 0 Å². The van der Waals surface area contributed by atoms with Crippen molar-refractivity contribution in [1.82, 2.24) is 4.98 Å². The summed E-state index contributed by atoms with van der Waals surface area (Å²) in [7, 11) is 0. The number of benzene rings is 1. The average Bonchev–Trinajstić information content (AvgIpc) is 2.61. The zero-order valence-corrected chi connectivity index (χ0v) is 15.0. The predicted octanol–water partition coefficient (Wildman–Crippen LogP) is 5.40. The number of aromatic nitrogens is 1. The quantitative estimate of drug-likeness (QED) is 0.276. The van der Waals surface area contributed by atoms with Crippen LogP contribution in [0.15, 0.2) is 29.5 Å². The number of phenols is 1. The molecule has 0 spiro atoms. The molecule has 24 heavy (non-hydrogen) atoms. The van der Waals surface area contributed by atoms with Crippen LogP contribution in [0.2, 0.25) is 5.02 Å². The number of phenolic OH excluding ortho intramolecular Hbond substituents is 1. The summed E-state index contributed by atoms with van der Waals surface area (Å²) in [6.07, 6.45) is 10.9. The third kappa shape index (κ3) is 4.60. The summed E-state index contributed by atoms with van der Waals surface area (Å²) >= 11 is 6.32. The molecular formula is C19H26ClN3O. The molecular weight excluding hydrogens is 322 g/mol. The van der Waals surface area contributed by atoms with Gasteiger partial charge in [0, 0.05) is 17.1 Å². The molecule has 0 fully saturated rings. The van der Waals surface area contributed by atoms with Crippen LogP contribution in [0.3, 0.4) is 0 Å². The average molecular weight is 348 g/mol. The summed E-state index contributed by atoms with van der Waals surface area (Å²) in [5.41, 5.74) is 1.75. The fourth-order valence-electron chi connectivity index (χ4n) is 2.93. The summed E-state index contributed by atoms with van der Waals surface area (Å²) < 4.78 is 0. The van der Waals surface area contributed by atoms with Gasteiger partial charge in [-0.05, 0) is 31.0 Å². The summed E-state index contributed by atoms with van der Waals surface area (Å²) in [5, 5.41) is 15.7. The Balaban J connectivity index is 2.03. The summed E-state index contributed by atoms with van der Waals surface area (Å²) in [6, 6.07) is 5.36. The minimum absolute atomic E-state index is 0.0992. The van der Waals surface area contributed by atoms with Crippen molar-refractivity contribution in [3.8, 4) is 5.75 Å². The monoisotopic (exact) mass is 347 g/mol. The number of aromatic hydroxyl groups is 1. The maximum Gasteiger partial charge on any atom is 0.151 e. The van der Waals surface area contributed by atoms with Gasteiger partial charge in [-0.2, -0.15) is 5.10 Å². The maximum atomic E-state index is 10.5. The van der Waals surface area contributed by atoms with Gasteiger partial charge in [0.25, 0.3) is 0 Å². The van der Waals surface area contributed by atoms with E-state index < -0.39 is 0 Å². The molecule has 0 radical (unpaired) electrons. The van der Waals surface area contributed by atoms with E-state index >= 15 is 0 Å². The van der Waals surface area contributed by atoms with Gasteiger partial charge in [0.15, 0.2) is 5.75 Å². The normalized spacial score (nSPS) is 12.0. The van der Waals surface area contributed by atoms with Crippen LogP contribution >= 0.6 is 11.6 Å². The summed E-state index contributed by atoms with van der Waals surface area (Å²) in [5.74, 6) is 5.66. The van der Waals surface area contributed by atoms with E-state index in [-0.39, 0.29) is 5.75 Å². The van der Waals surface area contributed by atoms with Crippen molar-refractivity contribution in [3.05, 3.63) is 35.0 Å². The van der Waals surface area contributed by atoms with Gasteiger partial charge in [-0.1, -0.05) is 57.0 Å². The molecule has 1 aromatic carbocycles. The van der Waals surface area contributed by atoms with Gasteiger partial charge in [-0.3, -0.25) is 4.98 Å². The Bertz CT molecular complexity index is 700. The highest BCUT2D eigenvalue weighted by Gasteiger charge is 2.15. The van der Waals surface area contributed by atoms with Crippen LogP contribution in [0.1, 0.15) is 63.9 Å². The Hall–Kier alpha value is -1.81. The van der Waals surface area contributed by atoms with E-state index in [1.165, 1.54) is 32.1 Å². The Morgan fingerprint density at radius 3 is 2.62 bits per heavy atom. The first kappa shape index (κ1) is 18.5. The highest BCUT2D eigenvalue weighted by molar-refractivity contribution is 6.36. The summed E-state index contributed by atoms with van der Waals surface area (Å²) in [6.45, 7) is 2.22. The Morgan fingerprint density at radius 2 is 1.92 bits per heavy atom. The molecule has 0 aliphatic rings. The lowest BCUT2D eigenvalue weighted by Crippen LogP contribution is -2.06. The van der Waals surface area contributed by atoms with Crippen molar-refractivity contribution < 1.29 is 5.11 Å². The molecule has 5 heteroatoms. The molecule has 0 atom stereocenters. The zero-order valence-electron chi connectivity index (χ0n) is 14.3. The third-order valence-electron chi connectivity index (χ3n) is 4.30. The highest BCUT2D eigenvalue weighted by atomic mass is 35.5. The van der Waals surface area contributed by atoms with E-state index in [1.54, 1.807) is 18.3 Å². The number of unbranched alkanes of at least 4 members (excludes halogenated alkanes) is 6. The topological polar surface area (TPSA) is 71.5 Å². The van der Waals surface area contributed by atoms with E-state index in [4.69, 9.17) is 17.4 Å². The molecule has 2 aromatic rings. The first-order chi connectivity index (χ1) is 11.7. The fourth-order valence-corrected chi connectivity index (χ4v) is 3.19. The molecule has 0 saturated carbocycles. The molecule has 1 aromatic heterocycles. The van der Waals surface area contributed by atoms with E-state index in [2.05, 4.69) is 17.0 Å². The predicted molar refractivity (Wildman–Crippen MR) is 102 cm³/mol. The number of hydrogen-bond acceptors (Lipinski definition) is 4. The second-order valence-corrected chi connectivity index (χ2v) is 6.51. The van der Waals surface area contributed by atoms with Gasteiger partial charge in [-0.15, -0.1) is 0 Å². The minimum Gasteiger partial charge on any atom is -0.505 e. The second kappa shape index (κ2) is 9.48. The van der Waals surface area contributed by atoms with Crippen molar-refractivity contribution in [2.45, 2.75) is 58.3 Å². The van der Waals surface area contributed by atoms with Gasteiger partial charge in [0.05, 0.1) is 10.7 Å². The third-order valence-corrected chi connectivity index (χ3v) is 4.61. The Morgan fingerprint density at radius 1 is 1.21 bits per heavy atom. The van der Waals surface area contributed by atoms with Crippen LogP contribution in [0.4, 0.5) is 0 Å². The first-order valence-corrected chi connectivity index (χ1v) is 9.10. The van der Waals surface area contributed by atoms with Gasteiger partial charge in [0.1, 0.15) is 5.52 Å². The van der Waals surface area contributed by atoms with Crippen LogP contribution in [-0.2, 0) is 0 Å². The van der Waals surface area contributed by atoms with Crippen LogP contribution in [0.25, 0.3) is 10.9 Å². The lowest BCUT2D eigenvalue weighted by molar-refractivity contribution is 0.479. The van der Waals surface area contributed by atoms with Crippen molar-refractivity contribution in [2.75, 3.05) is 0 Å². The first-order valence-electron chi connectivity index (χ1n) is 8.72. The summed E-state index contributed by atoms with van der Waals surface area (Å²) in [4.78, 5) is 4.23. The minimum atomic E-state index is 0.0992. The largest absolute Gasteiger partial charge is 0.505 e. The number of rotatable bonds is 9. The Kier molecular flexibility index (Phi) is 7.32. The lowest BCUT2D eigenvalue weighted by Gasteiger charge is -2.11. The van der Waals surface area contributed by atoms with Crippen LogP contribution in [-0.4, -0.2) is 15.8 Å². The Labute approximate surface area is 148 Å². The molecule has 0 aliphatic heterocycles. The molecule has 0 amide bonds. The molecule has 0 bridgehead atoms. The molecule has 1 heterocycles. The SMILES string of the molecule is CCCCCCCCCC(=NN)c1cc(Cl)c2cccnc2c1O. The van der Waals surface area contributed by atoms with E-state index in [1.807, 2.05) is 6.07 Å². The van der Waals surface area contributed by atoms with Gasteiger partial charge in [0.2, 0.25) is 0 Å². The number of hydrazone groups is 1. The molecule has 2 rings (SSSR count). The highest BCUT2D eigenvalue weighted by Crippen LogP contribution is 2.33. The number of pyridine rings is 1. The molecule has 0 unspecified atom stereocenters. The smallest absolute Gasteiger partial charge is 0.151 e. The second-order valence-electron chi connectivity index (χ2n) is 6.10. The number of nitrogens with two attached hydrogens (primary N) is 1. The molecule has 0 aliphatic carbocycles. The van der Waals surface area contributed by atoms with Gasteiger partial charge < -0.3 is 10.9 Å². The fraction of sp³-hybridized carbons (Fsp3) is 0.474. The zero-order chi connectivity index (χ0) is 17.4. The van der Waals surface area contributed by atoms with Crippen LogP contribution in [0.5, 0.6) is 5.75 Å². The number of fused-ring (bicyclic) bond motifs is 1. The molecule has 130 valence electrons. The van der Waals surface area contributed by atoms with Crippen LogP contribution in [0, 0.1) is 0 Å². The van der Waals surface area contributed by atoms with Crippen molar-refractivity contribution >= 4 is 28.2 Å². The van der Waals surface area contributed by atoms with Crippen LogP contribution < -0.4 is 5.84 Å². The van der Waals surface area contributed by atoms with E-state index in [0.29, 0.717) is 21.8 Å². The van der Waals surface area contributed by atoms with Gasteiger partial charge >= 0.3 is 0 Å². The van der Waals surface area contributed by atoms with Crippen molar-refractivity contribution in [3.63, 3.8) is 0 Å². The van der Waals surface area contributed by atoms with Crippen molar-refractivity contribution in [2.24, 2.45) is 10.9 Å². The number of halogens is 1. The van der Waals surface area contributed by atoms with Crippen molar-refractivity contribution in [1.29, 1.82) is 0 Å². The molecule has 0 saturated heterocycles. The van der Waals surface area contributed by atoms with E-state index in [0.717, 1.165) is 24.6 Å². The molecule has 4 nitrogen and oxygen atoms in total. The lowest BCUT2D eigenvalue weighted by atomic mass is 10.00. The maximum absolute atomic E-state index is 10.5. The molecule has 3 N–H and O–H groups in total. The number of nitrogens with zero attached hydrogens (tertiary/aromatic N) is 2. The van der Waals surface area contributed by atoms with E-state index in [9.17, 15) is 5.11 Å². The number of hydrogen-bond donors (Lipinski definition) is 2. The standard InChI is InChI=1S/C19H26ClN3O/c1-2-3-4-5-6-7-8-11-17(23-21)15-13-16(20)14-10-9-12-22-18(14)19(15)24/h9-10,12-13,24H,2-8,11,21H2,1H3.